The molecule has 1 aliphatic carbocycles. The molecule has 2 rings (SSSR count). The Morgan fingerprint density at radius 3 is 2.39 bits per heavy atom. The normalized spacial score (nSPS) is 23.6. The molecule has 0 saturated heterocycles. The van der Waals surface area contributed by atoms with Gasteiger partial charge in [-0.1, -0.05) is 13.0 Å². The molecule has 0 aromatic heterocycles. The van der Waals surface area contributed by atoms with Crippen LogP contribution in [-0.4, -0.2) is 18.3 Å². The first-order chi connectivity index (χ1) is 8.67. The Morgan fingerprint density at radius 2 is 1.83 bits per heavy atom. The van der Waals surface area contributed by atoms with Crippen LogP contribution in [0.1, 0.15) is 38.9 Å². The maximum Gasteiger partial charge on any atom is 0.161 e. The molecule has 1 saturated carbocycles. The van der Waals surface area contributed by atoms with Gasteiger partial charge in [0.1, 0.15) is 0 Å². The molecule has 0 spiro atoms. The third-order valence-corrected chi connectivity index (χ3v) is 3.49. The van der Waals surface area contributed by atoms with Crippen LogP contribution in [0, 0.1) is 11.8 Å². The Hall–Kier alpha value is -1.22. The highest BCUT2D eigenvalue weighted by atomic mass is 16.5. The van der Waals surface area contributed by atoms with E-state index in [1.807, 2.05) is 32.0 Å². The first kappa shape index (κ1) is 13.2. The molecule has 0 aliphatic heterocycles. The molecule has 3 atom stereocenters. The molecule has 1 aliphatic rings. The third kappa shape index (κ3) is 2.78. The van der Waals surface area contributed by atoms with Crippen LogP contribution in [0.5, 0.6) is 11.5 Å². The van der Waals surface area contributed by atoms with Crippen molar-refractivity contribution in [2.75, 3.05) is 13.2 Å². The maximum atomic E-state index is 10.2. The van der Waals surface area contributed by atoms with Gasteiger partial charge in [-0.3, -0.25) is 0 Å². The first-order valence-corrected chi connectivity index (χ1v) is 6.75. The lowest BCUT2D eigenvalue weighted by atomic mass is 10.0. The second-order valence-electron chi connectivity index (χ2n) is 4.89. The van der Waals surface area contributed by atoms with Gasteiger partial charge >= 0.3 is 0 Å². The summed E-state index contributed by atoms with van der Waals surface area (Å²) >= 11 is 0. The van der Waals surface area contributed by atoms with Crippen molar-refractivity contribution in [1.82, 2.24) is 0 Å². The Kier molecular flexibility index (Phi) is 4.12. The summed E-state index contributed by atoms with van der Waals surface area (Å²) < 4.78 is 11.1. The molecule has 0 radical (unpaired) electrons. The molecule has 100 valence electrons. The zero-order chi connectivity index (χ0) is 13.1. The van der Waals surface area contributed by atoms with Gasteiger partial charge in [-0.15, -0.1) is 0 Å². The molecule has 0 bridgehead atoms. The number of aliphatic hydroxyl groups excluding tert-OH is 1. The lowest BCUT2D eigenvalue weighted by Crippen LogP contribution is -2.04. The molecule has 0 amide bonds. The van der Waals surface area contributed by atoms with Gasteiger partial charge in [-0.25, -0.2) is 0 Å². The van der Waals surface area contributed by atoms with Crippen LogP contribution in [0.15, 0.2) is 18.2 Å². The number of rotatable bonds is 6. The van der Waals surface area contributed by atoms with Crippen molar-refractivity contribution in [3.05, 3.63) is 23.8 Å². The summed E-state index contributed by atoms with van der Waals surface area (Å²) in [4.78, 5) is 0. The monoisotopic (exact) mass is 250 g/mol. The molecular weight excluding hydrogens is 228 g/mol. The zero-order valence-electron chi connectivity index (χ0n) is 11.3. The summed E-state index contributed by atoms with van der Waals surface area (Å²) in [6.07, 6.45) is 0.730. The largest absolute Gasteiger partial charge is 0.490 e. The van der Waals surface area contributed by atoms with E-state index in [2.05, 4.69) is 6.92 Å². The number of hydrogen-bond acceptors (Lipinski definition) is 3. The van der Waals surface area contributed by atoms with Crippen molar-refractivity contribution in [1.29, 1.82) is 0 Å². The summed E-state index contributed by atoms with van der Waals surface area (Å²) in [7, 11) is 0. The minimum absolute atomic E-state index is 0.380. The quantitative estimate of drug-likeness (QED) is 0.842. The molecule has 1 N–H and O–H groups in total. The van der Waals surface area contributed by atoms with E-state index in [-0.39, 0.29) is 6.10 Å². The first-order valence-electron chi connectivity index (χ1n) is 6.75. The van der Waals surface area contributed by atoms with Crippen LogP contribution in [0.25, 0.3) is 0 Å². The Balaban J connectivity index is 2.19. The van der Waals surface area contributed by atoms with E-state index in [4.69, 9.17) is 9.47 Å². The minimum Gasteiger partial charge on any atom is -0.490 e. The van der Waals surface area contributed by atoms with E-state index in [0.717, 1.165) is 23.5 Å². The van der Waals surface area contributed by atoms with Crippen molar-refractivity contribution in [3.63, 3.8) is 0 Å². The molecule has 18 heavy (non-hydrogen) atoms. The van der Waals surface area contributed by atoms with E-state index >= 15 is 0 Å². The molecule has 1 fully saturated rings. The molecule has 3 unspecified atom stereocenters. The third-order valence-electron chi connectivity index (χ3n) is 3.49. The Morgan fingerprint density at radius 1 is 1.22 bits per heavy atom. The smallest absolute Gasteiger partial charge is 0.161 e. The van der Waals surface area contributed by atoms with Gasteiger partial charge in [0.15, 0.2) is 11.5 Å². The van der Waals surface area contributed by atoms with Gasteiger partial charge in [-0.05, 0) is 49.8 Å². The van der Waals surface area contributed by atoms with E-state index < -0.39 is 0 Å². The van der Waals surface area contributed by atoms with E-state index in [1.165, 1.54) is 0 Å². The van der Waals surface area contributed by atoms with Gasteiger partial charge < -0.3 is 14.6 Å². The molecule has 3 heteroatoms. The predicted octanol–water partition coefficient (Wildman–Crippen LogP) is 3.17. The van der Waals surface area contributed by atoms with Crippen molar-refractivity contribution in [3.8, 4) is 11.5 Å². The highest BCUT2D eigenvalue weighted by Gasteiger charge is 2.39. The number of aliphatic hydroxyl groups is 1. The lowest BCUT2D eigenvalue weighted by Gasteiger charge is -2.15. The fraction of sp³-hybridized carbons (Fsp3) is 0.600. The van der Waals surface area contributed by atoms with Crippen molar-refractivity contribution < 1.29 is 14.6 Å². The van der Waals surface area contributed by atoms with Gasteiger partial charge in [-0.2, -0.15) is 0 Å². The van der Waals surface area contributed by atoms with E-state index in [1.54, 1.807) is 0 Å². The van der Waals surface area contributed by atoms with Gasteiger partial charge in [0.2, 0.25) is 0 Å². The van der Waals surface area contributed by atoms with E-state index in [9.17, 15) is 5.11 Å². The van der Waals surface area contributed by atoms with Crippen LogP contribution >= 0.6 is 0 Å². The number of benzene rings is 1. The fourth-order valence-corrected chi connectivity index (χ4v) is 2.29. The molecule has 1 aromatic carbocycles. The second kappa shape index (κ2) is 5.61. The summed E-state index contributed by atoms with van der Waals surface area (Å²) in [5.41, 5.74) is 0.927. The second-order valence-corrected chi connectivity index (χ2v) is 4.89. The van der Waals surface area contributed by atoms with Crippen LogP contribution < -0.4 is 9.47 Å². The molecule has 3 nitrogen and oxygen atoms in total. The minimum atomic E-state index is -0.380. The van der Waals surface area contributed by atoms with Gasteiger partial charge in [0.25, 0.3) is 0 Å². The summed E-state index contributed by atoms with van der Waals surface area (Å²) in [5.74, 6) is 2.50. The van der Waals surface area contributed by atoms with Crippen LogP contribution in [0.3, 0.4) is 0 Å². The molecule has 0 heterocycles. The van der Waals surface area contributed by atoms with E-state index in [0.29, 0.717) is 25.0 Å². The average Bonchev–Trinajstić information content (AvgIpc) is 3.08. The average molecular weight is 250 g/mol. The Bertz CT molecular complexity index is 403. The van der Waals surface area contributed by atoms with Gasteiger partial charge in [0, 0.05) is 0 Å². The summed E-state index contributed by atoms with van der Waals surface area (Å²) in [6.45, 7) is 7.28. The predicted molar refractivity (Wildman–Crippen MR) is 71.0 cm³/mol. The molecular formula is C15H22O3. The topological polar surface area (TPSA) is 38.7 Å². The van der Waals surface area contributed by atoms with Crippen LogP contribution in [-0.2, 0) is 0 Å². The fourth-order valence-electron chi connectivity index (χ4n) is 2.29. The van der Waals surface area contributed by atoms with Crippen LogP contribution in [0.2, 0.25) is 0 Å². The van der Waals surface area contributed by atoms with Crippen LogP contribution in [0.4, 0.5) is 0 Å². The van der Waals surface area contributed by atoms with Gasteiger partial charge in [0.05, 0.1) is 19.3 Å². The van der Waals surface area contributed by atoms with Crippen molar-refractivity contribution in [2.24, 2.45) is 11.8 Å². The SMILES string of the molecule is CCOc1ccc(C(O)C2CC2C)cc1OCC. The Labute approximate surface area is 109 Å². The van der Waals surface area contributed by atoms with Crippen molar-refractivity contribution in [2.45, 2.75) is 33.3 Å². The maximum absolute atomic E-state index is 10.2. The highest BCUT2D eigenvalue weighted by molar-refractivity contribution is 5.44. The number of hydrogen-bond donors (Lipinski definition) is 1. The van der Waals surface area contributed by atoms with Crippen molar-refractivity contribution >= 4 is 0 Å². The number of ether oxygens (including phenoxy) is 2. The zero-order valence-corrected chi connectivity index (χ0v) is 11.3. The summed E-state index contributed by atoms with van der Waals surface area (Å²) in [6, 6.07) is 5.73. The molecule has 1 aromatic rings. The highest BCUT2D eigenvalue weighted by Crippen LogP contribution is 2.47. The summed E-state index contributed by atoms with van der Waals surface area (Å²) in [5, 5.41) is 10.2. The lowest BCUT2D eigenvalue weighted by molar-refractivity contribution is 0.147. The standard InChI is InChI=1S/C15H22O3/c1-4-17-13-7-6-11(9-14(13)18-5-2)15(16)12-8-10(12)3/h6-7,9-10,12,15-16H,4-5,8H2,1-3H3.